The smallest absolute Gasteiger partial charge is 0.326 e. The summed E-state index contributed by atoms with van der Waals surface area (Å²) >= 11 is 0. The summed E-state index contributed by atoms with van der Waals surface area (Å²) < 4.78 is 12.8. The molecule has 0 spiro atoms. The number of carbonyl (C=O) groups excluding carboxylic acids is 1. The van der Waals surface area contributed by atoms with Gasteiger partial charge in [-0.25, -0.2) is 9.18 Å². The summed E-state index contributed by atoms with van der Waals surface area (Å²) in [5.41, 5.74) is 0.688. The van der Waals surface area contributed by atoms with Gasteiger partial charge in [-0.15, -0.1) is 0 Å². The average molecular weight is 293 g/mol. The lowest BCUT2D eigenvalue weighted by Gasteiger charge is -2.23. The van der Waals surface area contributed by atoms with Crippen LogP contribution in [0.1, 0.15) is 37.7 Å². The third-order valence-electron chi connectivity index (χ3n) is 3.94. The number of hydrogen-bond donors (Lipinski definition) is 2. The fourth-order valence-electron chi connectivity index (χ4n) is 2.71. The number of nitrogens with one attached hydrogen (secondary N) is 1. The summed E-state index contributed by atoms with van der Waals surface area (Å²) in [6.07, 6.45) is 5.00. The molecule has 1 saturated carbocycles. The quantitative estimate of drug-likeness (QED) is 0.876. The summed E-state index contributed by atoms with van der Waals surface area (Å²) in [7, 11) is 0. The Kier molecular flexibility index (Phi) is 5.31. The number of carboxylic acids is 1. The van der Waals surface area contributed by atoms with E-state index in [1.807, 2.05) is 0 Å². The molecule has 1 amide bonds. The lowest BCUT2D eigenvalue weighted by molar-refractivity contribution is -0.142. The van der Waals surface area contributed by atoms with Gasteiger partial charge in [-0.3, -0.25) is 4.79 Å². The first-order valence-electron chi connectivity index (χ1n) is 7.34. The van der Waals surface area contributed by atoms with Gasteiger partial charge in [-0.2, -0.15) is 0 Å². The van der Waals surface area contributed by atoms with Gasteiger partial charge in [0.2, 0.25) is 5.91 Å². The first-order valence-corrected chi connectivity index (χ1v) is 7.34. The van der Waals surface area contributed by atoms with Gasteiger partial charge < -0.3 is 10.4 Å². The minimum Gasteiger partial charge on any atom is -0.480 e. The van der Waals surface area contributed by atoms with Crippen molar-refractivity contribution in [3.63, 3.8) is 0 Å². The number of benzene rings is 1. The van der Waals surface area contributed by atoms with Crippen molar-refractivity contribution >= 4 is 11.9 Å². The van der Waals surface area contributed by atoms with Crippen LogP contribution in [0.5, 0.6) is 0 Å². The summed E-state index contributed by atoms with van der Waals surface area (Å²) in [6, 6.07) is 4.69. The Bertz CT molecular complexity index is 495. The minimum atomic E-state index is -1.07. The summed E-state index contributed by atoms with van der Waals surface area (Å²) in [4.78, 5) is 23.4. The Morgan fingerprint density at radius 1 is 1.19 bits per heavy atom. The van der Waals surface area contributed by atoms with Crippen LogP contribution in [-0.2, 0) is 16.0 Å². The van der Waals surface area contributed by atoms with E-state index in [4.69, 9.17) is 0 Å². The molecular formula is C16H20FNO3. The predicted molar refractivity (Wildman–Crippen MR) is 76.2 cm³/mol. The van der Waals surface area contributed by atoms with Crippen molar-refractivity contribution in [1.29, 1.82) is 0 Å². The summed E-state index contributed by atoms with van der Waals surface area (Å²) in [5.74, 6) is -1.68. The Morgan fingerprint density at radius 3 is 2.38 bits per heavy atom. The van der Waals surface area contributed by atoms with Gasteiger partial charge in [0.1, 0.15) is 11.9 Å². The maximum atomic E-state index is 12.8. The van der Waals surface area contributed by atoms with E-state index in [1.54, 1.807) is 0 Å². The highest BCUT2D eigenvalue weighted by molar-refractivity contribution is 5.85. The van der Waals surface area contributed by atoms with Crippen LogP contribution in [0.3, 0.4) is 0 Å². The lowest BCUT2D eigenvalue weighted by Crippen LogP contribution is -2.45. The molecule has 1 atom stereocenters. The van der Waals surface area contributed by atoms with Crippen LogP contribution < -0.4 is 5.32 Å². The fraction of sp³-hybridized carbons (Fsp3) is 0.500. The molecule has 1 aromatic carbocycles. The van der Waals surface area contributed by atoms with E-state index in [1.165, 1.54) is 24.3 Å². The van der Waals surface area contributed by atoms with Crippen molar-refractivity contribution in [3.05, 3.63) is 35.6 Å². The Labute approximate surface area is 123 Å². The lowest BCUT2D eigenvalue weighted by atomic mass is 9.88. The highest BCUT2D eigenvalue weighted by Gasteiger charge is 2.26. The largest absolute Gasteiger partial charge is 0.480 e. The van der Waals surface area contributed by atoms with E-state index in [9.17, 15) is 19.1 Å². The number of halogens is 1. The van der Waals surface area contributed by atoms with Crippen LogP contribution >= 0.6 is 0 Å². The van der Waals surface area contributed by atoms with Gasteiger partial charge in [-0.1, -0.05) is 31.4 Å². The molecule has 0 aromatic heterocycles. The molecule has 2 N–H and O–H groups in total. The molecule has 0 bridgehead atoms. The molecule has 1 fully saturated rings. The van der Waals surface area contributed by atoms with E-state index in [-0.39, 0.29) is 24.1 Å². The van der Waals surface area contributed by atoms with Crippen molar-refractivity contribution in [2.75, 3.05) is 0 Å². The van der Waals surface area contributed by atoms with Crippen molar-refractivity contribution in [2.45, 2.75) is 44.6 Å². The molecule has 0 radical (unpaired) electrons. The second-order valence-corrected chi connectivity index (χ2v) is 5.56. The van der Waals surface area contributed by atoms with Crippen molar-refractivity contribution in [3.8, 4) is 0 Å². The van der Waals surface area contributed by atoms with Gasteiger partial charge in [0.05, 0.1) is 0 Å². The maximum absolute atomic E-state index is 12.8. The SMILES string of the molecule is O=C(NC(Cc1ccc(F)cc1)C(=O)O)C1CCCCC1. The molecule has 0 heterocycles. The molecule has 21 heavy (non-hydrogen) atoms. The molecule has 4 nitrogen and oxygen atoms in total. The van der Waals surface area contributed by atoms with Crippen LogP contribution in [0.2, 0.25) is 0 Å². The molecule has 114 valence electrons. The molecule has 0 saturated heterocycles. The minimum absolute atomic E-state index is 0.0752. The predicted octanol–water partition coefficient (Wildman–Crippen LogP) is 2.52. The van der Waals surface area contributed by atoms with Crippen LogP contribution in [0.25, 0.3) is 0 Å². The van der Waals surface area contributed by atoms with E-state index < -0.39 is 12.0 Å². The van der Waals surface area contributed by atoms with E-state index >= 15 is 0 Å². The highest BCUT2D eigenvalue weighted by Crippen LogP contribution is 2.23. The number of carboxylic acid groups (broad SMARTS) is 1. The molecule has 1 unspecified atom stereocenters. The highest BCUT2D eigenvalue weighted by atomic mass is 19.1. The van der Waals surface area contributed by atoms with Crippen LogP contribution in [0.4, 0.5) is 4.39 Å². The zero-order valence-electron chi connectivity index (χ0n) is 11.8. The van der Waals surface area contributed by atoms with Gasteiger partial charge in [-0.05, 0) is 30.5 Å². The Balaban J connectivity index is 1.96. The third kappa shape index (κ3) is 4.55. The molecule has 1 aromatic rings. The second-order valence-electron chi connectivity index (χ2n) is 5.56. The van der Waals surface area contributed by atoms with Gasteiger partial charge >= 0.3 is 5.97 Å². The zero-order valence-corrected chi connectivity index (χ0v) is 11.8. The molecule has 1 aliphatic carbocycles. The second kappa shape index (κ2) is 7.20. The molecule has 2 rings (SSSR count). The number of rotatable bonds is 5. The molecule has 5 heteroatoms. The fourth-order valence-corrected chi connectivity index (χ4v) is 2.71. The molecule has 0 aliphatic heterocycles. The van der Waals surface area contributed by atoms with Gasteiger partial charge in [0, 0.05) is 12.3 Å². The monoisotopic (exact) mass is 293 g/mol. The normalized spacial score (nSPS) is 17.2. The van der Waals surface area contributed by atoms with Crippen LogP contribution in [-0.4, -0.2) is 23.0 Å². The maximum Gasteiger partial charge on any atom is 0.326 e. The number of aliphatic carboxylic acids is 1. The topological polar surface area (TPSA) is 66.4 Å². The molecular weight excluding hydrogens is 273 g/mol. The Hall–Kier alpha value is -1.91. The van der Waals surface area contributed by atoms with E-state index in [0.29, 0.717) is 5.56 Å². The zero-order chi connectivity index (χ0) is 15.2. The summed E-state index contributed by atoms with van der Waals surface area (Å²) in [5, 5.41) is 11.9. The average Bonchev–Trinajstić information content (AvgIpc) is 2.49. The van der Waals surface area contributed by atoms with Crippen molar-refractivity contribution in [2.24, 2.45) is 5.92 Å². The Morgan fingerprint density at radius 2 is 1.81 bits per heavy atom. The first kappa shape index (κ1) is 15.5. The van der Waals surface area contributed by atoms with Gasteiger partial charge in [0.25, 0.3) is 0 Å². The third-order valence-corrected chi connectivity index (χ3v) is 3.94. The van der Waals surface area contributed by atoms with Gasteiger partial charge in [0.15, 0.2) is 0 Å². The first-order chi connectivity index (χ1) is 10.1. The van der Waals surface area contributed by atoms with Crippen molar-refractivity contribution < 1.29 is 19.1 Å². The number of amides is 1. The molecule has 1 aliphatic rings. The van der Waals surface area contributed by atoms with Crippen LogP contribution in [0, 0.1) is 11.7 Å². The van der Waals surface area contributed by atoms with Crippen LogP contribution in [0.15, 0.2) is 24.3 Å². The van der Waals surface area contributed by atoms with Crippen molar-refractivity contribution in [1.82, 2.24) is 5.32 Å². The standard InChI is InChI=1S/C16H20FNO3/c17-13-8-6-11(7-9-13)10-14(16(20)21)18-15(19)12-4-2-1-3-5-12/h6-9,12,14H,1-5,10H2,(H,18,19)(H,20,21). The van der Waals surface area contributed by atoms with E-state index in [2.05, 4.69) is 5.32 Å². The summed E-state index contributed by atoms with van der Waals surface area (Å²) in [6.45, 7) is 0. The number of hydrogen-bond acceptors (Lipinski definition) is 2. The number of carbonyl (C=O) groups is 2. The van der Waals surface area contributed by atoms with E-state index in [0.717, 1.165) is 32.1 Å².